The van der Waals surface area contributed by atoms with E-state index in [4.69, 9.17) is 5.11 Å². The summed E-state index contributed by atoms with van der Waals surface area (Å²) in [6.45, 7) is 5.61. The summed E-state index contributed by atoms with van der Waals surface area (Å²) in [6, 6.07) is 1.79. The molecule has 0 saturated heterocycles. The van der Waals surface area contributed by atoms with Crippen LogP contribution in [0, 0.1) is 12.8 Å². The van der Waals surface area contributed by atoms with Crippen LogP contribution in [0.5, 0.6) is 0 Å². The molecule has 15 heavy (non-hydrogen) atoms. The van der Waals surface area contributed by atoms with Crippen molar-refractivity contribution in [2.45, 2.75) is 31.2 Å². The van der Waals surface area contributed by atoms with E-state index in [-0.39, 0.29) is 5.92 Å². The van der Waals surface area contributed by atoms with Crippen molar-refractivity contribution in [3.8, 4) is 0 Å². The van der Waals surface area contributed by atoms with Gasteiger partial charge >= 0.3 is 5.97 Å². The van der Waals surface area contributed by atoms with Crippen molar-refractivity contribution >= 4 is 17.7 Å². The van der Waals surface area contributed by atoms with E-state index in [2.05, 4.69) is 9.97 Å². The fourth-order valence-electron chi connectivity index (χ4n) is 1.07. The Bertz CT molecular complexity index is 355. The Morgan fingerprint density at radius 3 is 2.67 bits per heavy atom. The number of aryl methyl sites for hydroxylation is 1. The third-order valence-corrected chi connectivity index (χ3v) is 3.26. The number of aliphatic carboxylic acids is 1. The topological polar surface area (TPSA) is 63.1 Å². The lowest BCUT2D eigenvalue weighted by atomic mass is 10.1. The smallest absolute Gasteiger partial charge is 0.317 e. The summed E-state index contributed by atoms with van der Waals surface area (Å²) in [4.78, 5) is 19.2. The van der Waals surface area contributed by atoms with Crippen molar-refractivity contribution < 1.29 is 9.90 Å². The highest BCUT2D eigenvalue weighted by molar-refractivity contribution is 8.00. The molecule has 1 aromatic rings. The Morgan fingerprint density at radius 1 is 1.53 bits per heavy atom. The number of carboxylic acid groups (broad SMARTS) is 1. The second-order valence-corrected chi connectivity index (χ2v) is 4.71. The minimum Gasteiger partial charge on any atom is -0.480 e. The normalized spacial score (nSPS) is 12.8. The van der Waals surface area contributed by atoms with E-state index in [1.165, 1.54) is 11.8 Å². The molecular formula is C10H14N2O2S. The molecule has 1 heterocycles. The van der Waals surface area contributed by atoms with Gasteiger partial charge in [0.05, 0.1) is 0 Å². The van der Waals surface area contributed by atoms with Crippen LogP contribution in [0.1, 0.15) is 19.5 Å². The van der Waals surface area contributed by atoms with Crippen LogP contribution >= 0.6 is 11.8 Å². The second kappa shape index (κ2) is 5.11. The van der Waals surface area contributed by atoms with E-state index in [0.717, 1.165) is 5.69 Å². The molecule has 0 aliphatic heterocycles. The quantitative estimate of drug-likeness (QED) is 0.628. The summed E-state index contributed by atoms with van der Waals surface area (Å²) in [5, 5.41) is 9.03. The molecule has 4 nitrogen and oxygen atoms in total. The lowest BCUT2D eigenvalue weighted by Gasteiger charge is -2.14. The number of rotatable bonds is 4. The first-order valence-corrected chi connectivity index (χ1v) is 5.57. The number of aromatic nitrogens is 2. The Balaban J connectivity index is 2.79. The van der Waals surface area contributed by atoms with Crippen LogP contribution in [0.15, 0.2) is 17.4 Å². The summed E-state index contributed by atoms with van der Waals surface area (Å²) in [6.07, 6.45) is 1.64. The van der Waals surface area contributed by atoms with Crippen LogP contribution in [0.25, 0.3) is 0 Å². The first-order chi connectivity index (χ1) is 7.00. The van der Waals surface area contributed by atoms with Gasteiger partial charge in [-0.05, 0) is 18.9 Å². The zero-order chi connectivity index (χ0) is 11.4. The summed E-state index contributed by atoms with van der Waals surface area (Å²) >= 11 is 1.20. The molecule has 0 aliphatic rings. The van der Waals surface area contributed by atoms with Crippen molar-refractivity contribution in [3.63, 3.8) is 0 Å². The molecule has 0 amide bonds. The average Bonchev–Trinajstić information content (AvgIpc) is 2.13. The first kappa shape index (κ1) is 12.0. The van der Waals surface area contributed by atoms with Crippen LogP contribution < -0.4 is 0 Å². The van der Waals surface area contributed by atoms with E-state index < -0.39 is 11.2 Å². The third-order valence-electron chi connectivity index (χ3n) is 1.85. The van der Waals surface area contributed by atoms with Gasteiger partial charge < -0.3 is 5.11 Å². The summed E-state index contributed by atoms with van der Waals surface area (Å²) in [5.74, 6) is -0.767. The van der Waals surface area contributed by atoms with Crippen molar-refractivity contribution in [2.75, 3.05) is 0 Å². The maximum absolute atomic E-state index is 11.0. The summed E-state index contributed by atoms with van der Waals surface area (Å²) < 4.78 is 0. The Hall–Kier alpha value is -1.10. The van der Waals surface area contributed by atoms with Gasteiger partial charge in [0, 0.05) is 11.9 Å². The highest BCUT2D eigenvalue weighted by Gasteiger charge is 2.23. The number of thioether (sulfide) groups is 1. The van der Waals surface area contributed by atoms with Crippen LogP contribution in [0.4, 0.5) is 0 Å². The number of hydrogen-bond acceptors (Lipinski definition) is 4. The van der Waals surface area contributed by atoms with E-state index in [0.29, 0.717) is 5.16 Å². The zero-order valence-electron chi connectivity index (χ0n) is 8.97. The van der Waals surface area contributed by atoms with Gasteiger partial charge in [0.1, 0.15) is 5.25 Å². The Morgan fingerprint density at radius 2 is 2.20 bits per heavy atom. The zero-order valence-corrected chi connectivity index (χ0v) is 9.78. The van der Waals surface area contributed by atoms with Crippen molar-refractivity contribution in [2.24, 2.45) is 5.92 Å². The summed E-state index contributed by atoms with van der Waals surface area (Å²) in [5.41, 5.74) is 0.848. The second-order valence-electron chi connectivity index (χ2n) is 3.60. The lowest BCUT2D eigenvalue weighted by molar-refractivity contribution is -0.137. The first-order valence-electron chi connectivity index (χ1n) is 4.70. The molecule has 1 unspecified atom stereocenters. The minimum absolute atomic E-state index is 0.0524. The maximum atomic E-state index is 11.0. The molecule has 0 spiro atoms. The molecule has 5 heteroatoms. The van der Waals surface area contributed by atoms with Gasteiger partial charge in [-0.2, -0.15) is 0 Å². The fourth-order valence-corrected chi connectivity index (χ4v) is 1.99. The van der Waals surface area contributed by atoms with Gasteiger partial charge in [-0.3, -0.25) is 4.79 Å². The Labute approximate surface area is 93.1 Å². The Kier molecular flexibility index (Phi) is 4.08. The average molecular weight is 226 g/mol. The van der Waals surface area contributed by atoms with Gasteiger partial charge in [0.25, 0.3) is 0 Å². The molecule has 1 N–H and O–H groups in total. The molecule has 1 rings (SSSR count). The lowest BCUT2D eigenvalue weighted by Crippen LogP contribution is -2.22. The van der Waals surface area contributed by atoms with Crippen LogP contribution in [-0.4, -0.2) is 26.3 Å². The van der Waals surface area contributed by atoms with Crippen LogP contribution in [-0.2, 0) is 4.79 Å². The maximum Gasteiger partial charge on any atom is 0.317 e. The molecule has 1 atom stereocenters. The van der Waals surface area contributed by atoms with Crippen molar-refractivity contribution in [1.29, 1.82) is 0 Å². The molecule has 0 fully saturated rings. The van der Waals surface area contributed by atoms with E-state index in [1.807, 2.05) is 20.8 Å². The van der Waals surface area contributed by atoms with E-state index >= 15 is 0 Å². The molecule has 0 saturated carbocycles. The molecular weight excluding hydrogens is 212 g/mol. The minimum atomic E-state index is -0.819. The third kappa shape index (κ3) is 3.51. The van der Waals surface area contributed by atoms with Crippen LogP contribution in [0.3, 0.4) is 0 Å². The largest absolute Gasteiger partial charge is 0.480 e. The summed E-state index contributed by atoms with van der Waals surface area (Å²) in [7, 11) is 0. The van der Waals surface area contributed by atoms with Gasteiger partial charge in [-0.15, -0.1) is 0 Å². The number of nitrogens with zero attached hydrogens (tertiary/aromatic N) is 2. The fraction of sp³-hybridized carbons (Fsp3) is 0.500. The monoisotopic (exact) mass is 226 g/mol. The molecule has 0 bridgehead atoms. The SMILES string of the molecule is Cc1ccnc(SC(C(=O)O)C(C)C)n1. The van der Waals surface area contributed by atoms with Gasteiger partial charge in [0.2, 0.25) is 0 Å². The van der Waals surface area contributed by atoms with Gasteiger partial charge in [-0.25, -0.2) is 9.97 Å². The molecule has 0 aliphatic carbocycles. The van der Waals surface area contributed by atoms with E-state index in [9.17, 15) is 4.79 Å². The highest BCUT2D eigenvalue weighted by atomic mass is 32.2. The number of hydrogen-bond donors (Lipinski definition) is 1. The number of carboxylic acids is 1. The van der Waals surface area contributed by atoms with Crippen molar-refractivity contribution in [3.05, 3.63) is 18.0 Å². The highest BCUT2D eigenvalue weighted by Crippen LogP contribution is 2.25. The molecule has 0 aromatic carbocycles. The van der Waals surface area contributed by atoms with Gasteiger partial charge in [0.15, 0.2) is 5.16 Å². The van der Waals surface area contributed by atoms with E-state index in [1.54, 1.807) is 12.3 Å². The van der Waals surface area contributed by atoms with Gasteiger partial charge in [-0.1, -0.05) is 25.6 Å². The van der Waals surface area contributed by atoms with Crippen molar-refractivity contribution in [1.82, 2.24) is 9.97 Å². The number of carbonyl (C=O) groups is 1. The predicted molar refractivity (Wildman–Crippen MR) is 58.9 cm³/mol. The van der Waals surface area contributed by atoms with Crippen LogP contribution in [0.2, 0.25) is 0 Å². The molecule has 82 valence electrons. The molecule has 1 aromatic heterocycles. The molecule has 0 radical (unpaired) electrons. The predicted octanol–water partition coefficient (Wildman–Crippen LogP) is 1.99. The standard InChI is InChI=1S/C10H14N2O2S/c1-6(2)8(9(13)14)15-10-11-5-4-7(3)12-10/h4-6,8H,1-3H3,(H,13,14).